The summed E-state index contributed by atoms with van der Waals surface area (Å²) in [6.07, 6.45) is 2.90. The van der Waals surface area contributed by atoms with E-state index in [9.17, 15) is 0 Å². The fourth-order valence-electron chi connectivity index (χ4n) is 2.00. The summed E-state index contributed by atoms with van der Waals surface area (Å²) in [6, 6.07) is 0.143. The van der Waals surface area contributed by atoms with Crippen molar-refractivity contribution >= 4 is 11.3 Å². The molecular weight excluding hydrogens is 246 g/mol. The van der Waals surface area contributed by atoms with Crippen LogP contribution in [0, 0.1) is 6.92 Å². The maximum Gasteiger partial charge on any atom is 0.0877 e. The monoisotopic (exact) mass is 265 g/mol. The first-order chi connectivity index (χ1) is 8.77. The SMILES string of the molecule is CCCn1nncc1C(NCC)c1scnc1C. The highest BCUT2D eigenvalue weighted by atomic mass is 32.1. The summed E-state index contributed by atoms with van der Waals surface area (Å²) in [5.41, 5.74) is 4.09. The third-order valence-corrected chi connectivity index (χ3v) is 3.83. The third-order valence-electron chi connectivity index (χ3n) is 2.83. The minimum atomic E-state index is 0.143. The van der Waals surface area contributed by atoms with Crippen LogP contribution >= 0.6 is 11.3 Å². The number of thiazole rings is 1. The summed E-state index contributed by atoms with van der Waals surface area (Å²) in [7, 11) is 0. The molecule has 1 atom stereocenters. The second-order valence-corrected chi connectivity index (χ2v) is 5.06. The molecule has 0 radical (unpaired) electrons. The van der Waals surface area contributed by atoms with Crippen molar-refractivity contribution in [2.45, 2.75) is 39.8 Å². The van der Waals surface area contributed by atoms with Gasteiger partial charge in [-0.2, -0.15) is 0 Å². The standard InChI is InChI=1S/C12H19N5S/c1-4-6-17-10(7-15-16-17)11(13-5-2)12-9(3)14-8-18-12/h7-8,11,13H,4-6H2,1-3H3. The van der Waals surface area contributed by atoms with Gasteiger partial charge in [0.2, 0.25) is 0 Å². The molecule has 0 amide bonds. The molecule has 0 aliphatic rings. The molecule has 98 valence electrons. The van der Waals surface area contributed by atoms with Gasteiger partial charge in [-0.05, 0) is 19.9 Å². The Balaban J connectivity index is 2.35. The van der Waals surface area contributed by atoms with Crippen molar-refractivity contribution in [1.29, 1.82) is 0 Å². The second-order valence-electron chi connectivity index (χ2n) is 4.17. The van der Waals surface area contributed by atoms with E-state index in [1.807, 2.05) is 23.3 Å². The summed E-state index contributed by atoms with van der Waals surface area (Å²) in [5, 5.41) is 11.7. The van der Waals surface area contributed by atoms with Gasteiger partial charge in [0.15, 0.2) is 0 Å². The normalized spacial score (nSPS) is 12.8. The van der Waals surface area contributed by atoms with E-state index < -0.39 is 0 Å². The zero-order valence-electron chi connectivity index (χ0n) is 11.1. The summed E-state index contributed by atoms with van der Waals surface area (Å²) in [6.45, 7) is 8.10. The van der Waals surface area contributed by atoms with Crippen molar-refractivity contribution in [3.63, 3.8) is 0 Å². The molecule has 0 bridgehead atoms. The van der Waals surface area contributed by atoms with Crippen molar-refractivity contribution in [3.05, 3.63) is 28.0 Å². The molecule has 0 aliphatic carbocycles. The van der Waals surface area contributed by atoms with Gasteiger partial charge in [-0.3, -0.25) is 0 Å². The summed E-state index contributed by atoms with van der Waals surface area (Å²) in [4.78, 5) is 5.58. The fourth-order valence-corrected chi connectivity index (χ4v) is 2.89. The zero-order chi connectivity index (χ0) is 13.0. The van der Waals surface area contributed by atoms with Crippen LogP contribution in [0.2, 0.25) is 0 Å². The van der Waals surface area contributed by atoms with Gasteiger partial charge < -0.3 is 5.32 Å². The third kappa shape index (κ3) is 2.59. The molecule has 0 saturated carbocycles. The lowest BCUT2D eigenvalue weighted by atomic mass is 10.1. The van der Waals surface area contributed by atoms with Crippen molar-refractivity contribution < 1.29 is 0 Å². The molecule has 2 rings (SSSR count). The molecule has 0 fully saturated rings. The van der Waals surface area contributed by atoms with Crippen LogP contribution in [0.25, 0.3) is 0 Å². The number of hydrogen-bond acceptors (Lipinski definition) is 5. The Morgan fingerprint density at radius 1 is 1.44 bits per heavy atom. The maximum atomic E-state index is 4.33. The van der Waals surface area contributed by atoms with Crippen molar-refractivity contribution in [3.8, 4) is 0 Å². The largest absolute Gasteiger partial charge is 0.304 e. The lowest BCUT2D eigenvalue weighted by Crippen LogP contribution is -2.24. The highest BCUT2D eigenvalue weighted by Crippen LogP contribution is 2.27. The van der Waals surface area contributed by atoms with E-state index in [1.165, 1.54) is 4.88 Å². The first-order valence-electron chi connectivity index (χ1n) is 6.29. The zero-order valence-corrected chi connectivity index (χ0v) is 11.9. The van der Waals surface area contributed by atoms with Gasteiger partial charge in [0.05, 0.1) is 34.0 Å². The van der Waals surface area contributed by atoms with E-state index in [4.69, 9.17) is 0 Å². The van der Waals surface area contributed by atoms with Gasteiger partial charge in [-0.25, -0.2) is 9.67 Å². The number of aryl methyl sites for hydroxylation is 2. The van der Waals surface area contributed by atoms with Crippen LogP contribution in [0.5, 0.6) is 0 Å². The van der Waals surface area contributed by atoms with Gasteiger partial charge >= 0.3 is 0 Å². The number of nitrogens with zero attached hydrogens (tertiary/aromatic N) is 4. The average molecular weight is 265 g/mol. The molecule has 2 aromatic heterocycles. The van der Waals surface area contributed by atoms with Gasteiger partial charge in [-0.15, -0.1) is 16.4 Å². The summed E-state index contributed by atoms with van der Waals surface area (Å²) >= 11 is 1.68. The minimum Gasteiger partial charge on any atom is -0.304 e. The number of aromatic nitrogens is 4. The van der Waals surface area contributed by atoms with Crippen LogP contribution in [-0.2, 0) is 6.54 Å². The molecule has 18 heavy (non-hydrogen) atoms. The van der Waals surface area contributed by atoms with Crippen LogP contribution < -0.4 is 5.32 Å². The maximum absolute atomic E-state index is 4.33. The van der Waals surface area contributed by atoms with Gasteiger partial charge in [0.25, 0.3) is 0 Å². The summed E-state index contributed by atoms with van der Waals surface area (Å²) < 4.78 is 1.98. The second kappa shape index (κ2) is 6.06. The van der Waals surface area contributed by atoms with Crippen LogP contribution in [0.3, 0.4) is 0 Å². The van der Waals surface area contributed by atoms with E-state index in [-0.39, 0.29) is 6.04 Å². The van der Waals surface area contributed by atoms with Gasteiger partial charge in [0, 0.05) is 6.54 Å². The highest BCUT2D eigenvalue weighted by molar-refractivity contribution is 7.09. The van der Waals surface area contributed by atoms with Crippen molar-refractivity contribution in [2.75, 3.05) is 6.54 Å². The Hall–Kier alpha value is -1.27. The lowest BCUT2D eigenvalue weighted by molar-refractivity contribution is 0.513. The van der Waals surface area contributed by atoms with Crippen molar-refractivity contribution in [1.82, 2.24) is 25.3 Å². The fraction of sp³-hybridized carbons (Fsp3) is 0.583. The van der Waals surface area contributed by atoms with E-state index in [1.54, 1.807) is 11.3 Å². The van der Waals surface area contributed by atoms with Crippen molar-refractivity contribution in [2.24, 2.45) is 0 Å². The Bertz CT molecular complexity index is 490. The molecule has 2 aromatic rings. The molecule has 0 aliphatic heterocycles. The van der Waals surface area contributed by atoms with Crippen LogP contribution in [0.1, 0.15) is 42.6 Å². The molecule has 6 heteroatoms. The number of nitrogens with one attached hydrogen (secondary N) is 1. The van der Waals surface area contributed by atoms with Crippen LogP contribution in [-0.4, -0.2) is 26.5 Å². The smallest absolute Gasteiger partial charge is 0.0877 e. The van der Waals surface area contributed by atoms with E-state index in [2.05, 4.69) is 34.5 Å². The van der Waals surface area contributed by atoms with Crippen LogP contribution in [0.15, 0.2) is 11.7 Å². The Kier molecular flexibility index (Phi) is 4.43. The lowest BCUT2D eigenvalue weighted by Gasteiger charge is -2.17. The van der Waals surface area contributed by atoms with E-state index >= 15 is 0 Å². The highest BCUT2D eigenvalue weighted by Gasteiger charge is 2.21. The van der Waals surface area contributed by atoms with E-state index in [0.717, 1.165) is 30.9 Å². The van der Waals surface area contributed by atoms with Crippen LogP contribution in [0.4, 0.5) is 0 Å². The Morgan fingerprint density at radius 3 is 2.89 bits per heavy atom. The Morgan fingerprint density at radius 2 is 2.28 bits per heavy atom. The molecule has 0 aromatic carbocycles. The molecule has 1 N–H and O–H groups in total. The predicted molar refractivity (Wildman–Crippen MR) is 72.7 cm³/mol. The first kappa shape index (κ1) is 13.2. The Labute approximate surface area is 111 Å². The molecule has 5 nitrogen and oxygen atoms in total. The first-order valence-corrected chi connectivity index (χ1v) is 7.17. The predicted octanol–water partition coefficient (Wildman–Crippen LogP) is 2.15. The number of rotatable bonds is 6. The minimum absolute atomic E-state index is 0.143. The number of hydrogen-bond donors (Lipinski definition) is 1. The van der Waals surface area contributed by atoms with Gasteiger partial charge in [0.1, 0.15) is 0 Å². The quantitative estimate of drug-likeness (QED) is 0.869. The average Bonchev–Trinajstić information content (AvgIpc) is 2.96. The summed E-state index contributed by atoms with van der Waals surface area (Å²) in [5.74, 6) is 0. The van der Waals surface area contributed by atoms with Gasteiger partial charge in [-0.1, -0.05) is 19.1 Å². The molecule has 2 heterocycles. The molecule has 0 spiro atoms. The molecular formula is C12H19N5S. The molecule has 0 saturated heterocycles. The topological polar surface area (TPSA) is 55.6 Å². The van der Waals surface area contributed by atoms with E-state index in [0.29, 0.717) is 0 Å². The molecule has 1 unspecified atom stereocenters.